The first-order valence-electron chi connectivity index (χ1n) is 13.5. The molecule has 0 saturated carbocycles. The highest BCUT2D eigenvalue weighted by molar-refractivity contribution is 8.00. The van der Waals surface area contributed by atoms with Crippen LogP contribution in [0.5, 0.6) is 0 Å². The van der Waals surface area contributed by atoms with E-state index in [0.717, 1.165) is 16.7 Å². The minimum absolute atomic E-state index is 0.128. The molecule has 9 nitrogen and oxygen atoms in total. The number of amides is 4. The number of aliphatic hydroxyl groups is 1. The molecule has 4 N–H and O–H groups in total. The molecule has 0 spiro atoms. The fourth-order valence-corrected chi connectivity index (χ4v) is 5.88. The van der Waals surface area contributed by atoms with Gasteiger partial charge in [0, 0.05) is 31.2 Å². The lowest BCUT2D eigenvalue weighted by molar-refractivity contribution is -0.147. The average molecular weight is 569 g/mol. The zero-order valence-electron chi connectivity index (χ0n) is 23.6. The van der Waals surface area contributed by atoms with Crippen molar-refractivity contribution in [2.75, 3.05) is 12.4 Å². The fourth-order valence-electron chi connectivity index (χ4n) is 4.74. The van der Waals surface area contributed by atoms with Gasteiger partial charge in [-0.15, -0.1) is 11.8 Å². The number of hydrogen-bond acceptors (Lipinski definition) is 6. The van der Waals surface area contributed by atoms with Gasteiger partial charge in [-0.05, 0) is 50.3 Å². The third-order valence-electron chi connectivity index (χ3n) is 7.03. The van der Waals surface area contributed by atoms with Crippen molar-refractivity contribution in [1.82, 2.24) is 20.9 Å². The van der Waals surface area contributed by atoms with E-state index in [-0.39, 0.29) is 36.4 Å². The summed E-state index contributed by atoms with van der Waals surface area (Å²) in [5.74, 6) is -1.16. The van der Waals surface area contributed by atoms with Gasteiger partial charge in [-0.1, -0.05) is 54.6 Å². The van der Waals surface area contributed by atoms with Gasteiger partial charge in [0.25, 0.3) is 5.91 Å². The molecule has 10 heteroatoms. The fraction of sp³-hybridized carbons (Fsp3) is 0.467. The number of aliphatic hydroxyl groups excluding tert-OH is 1. The molecule has 0 bridgehead atoms. The standard InChI is InChI=1S/C30H40N4O5S/c1-20-11-8-9-14-23(20)18-32-28(38)27-30(3,4)40-19-34(27)29(39)26(37)24(17-22-12-6-5-7-13-22)33-25(36)15-10-16-31-21(2)35/h5-9,11-14,24,26-27,37H,10,15-19H2,1-4H3,(H,31,35)(H,32,38)(H,33,36). The van der Waals surface area contributed by atoms with Crippen molar-refractivity contribution in [1.29, 1.82) is 0 Å². The molecule has 0 aliphatic carbocycles. The molecule has 3 atom stereocenters. The van der Waals surface area contributed by atoms with Crippen molar-refractivity contribution < 1.29 is 24.3 Å². The molecule has 1 heterocycles. The number of aryl methyl sites for hydroxylation is 1. The van der Waals surface area contributed by atoms with E-state index >= 15 is 0 Å². The van der Waals surface area contributed by atoms with Gasteiger partial charge in [0.2, 0.25) is 17.7 Å². The third kappa shape index (κ3) is 8.56. The lowest BCUT2D eigenvalue weighted by atomic mass is 9.97. The van der Waals surface area contributed by atoms with E-state index < -0.39 is 28.8 Å². The summed E-state index contributed by atoms with van der Waals surface area (Å²) < 4.78 is -0.576. The topological polar surface area (TPSA) is 128 Å². The molecule has 40 heavy (non-hydrogen) atoms. The van der Waals surface area contributed by atoms with Crippen molar-refractivity contribution >= 4 is 35.4 Å². The van der Waals surface area contributed by atoms with Gasteiger partial charge in [0.1, 0.15) is 6.04 Å². The smallest absolute Gasteiger partial charge is 0.254 e. The quantitative estimate of drug-likeness (QED) is 0.291. The van der Waals surface area contributed by atoms with E-state index in [1.807, 2.05) is 75.4 Å². The van der Waals surface area contributed by atoms with Crippen LogP contribution in [0.1, 0.15) is 50.3 Å². The highest BCUT2D eigenvalue weighted by atomic mass is 32.2. The van der Waals surface area contributed by atoms with Crippen LogP contribution in [-0.2, 0) is 32.1 Å². The van der Waals surface area contributed by atoms with Crippen LogP contribution in [0, 0.1) is 6.92 Å². The van der Waals surface area contributed by atoms with Crippen LogP contribution in [0.4, 0.5) is 0 Å². The summed E-state index contributed by atoms with van der Waals surface area (Å²) in [6.45, 7) is 7.89. The number of nitrogens with zero attached hydrogens (tertiary/aromatic N) is 1. The van der Waals surface area contributed by atoms with Gasteiger partial charge in [0.15, 0.2) is 6.10 Å². The first-order chi connectivity index (χ1) is 19.0. The Morgan fingerprint density at radius 2 is 1.73 bits per heavy atom. The molecule has 2 aromatic rings. The van der Waals surface area contributed by atoms with Gasteiger partial charge >= 0.3 is 0 Å². The van der Waals surface area contributed by atoms with Crippen LogP contribution in [0.25, 0.3) is 0 Å². The monoisotopic (exact) mass is 568 g/mol. The SMILES string of the molecule is CC(=O)NCCCC(=O)NC(Cc1ccccc1)C(O)C(=O)N1CSC(C)(C)C1C(=O)NCc1ccccc1C. The number of thioether (sulfide) groups is 1. The maximum atomic E-state index is 13.7. The van der Waals surface area contributed by atoms with Gasteiger partial charge in [-0.2, -0.15) is 0 Å². The Morgan fingerprint density at radius 3 is 2.40 bits per heavy atom. The van der Waals surface area contributed by atoms with Crippen LogP contribution in [-0.4, -0.2) is 69.0 Å². The van der Waals surface area contributed by atoms with Crippen LogP contribution in [0.15, 0.2) is 54.6 Å². The molecule has 3 unspecified atom stereocenters. The number of hydrogen-bond donors (Lipinski definition) is 4. The summed E-state index contributed by atoms with van der Waals surface area (Å²) in [7, 11) is 0. The largest absolute Gasteiger partial charge is 0.381 e. The zero-order chi connectivity index (χ0) is 29.3. The number of rotatable bonds is 12. The summed E-state index contributed by atoms with van der Waals surface area (Å²) >= 11 is 1.47. The highest BCUT2D eigenvalue weighted by Crippen LogP contribution is 2.40. The molecule has 2 aromatic carbocycles. The predicted molar refractivity (Wildman–Crippen MR) is 156 cm³/mol. The molecule has 1 fully saturated rings. The second-order valence-corrected chi connectivity index (χ2v) is 12.2. The van der Waals surface area contributed by atoms with E-state index in [1.165, 1.54) is 23.6 Å². The second-order valence-electron chi connectivity index (χ2n) is 10.6. The van der Waals surface area contributed by atoms with E-state index in [0.29, 0.717) is 19.5 Å². The lowest BCUT2D eigenvalue weighted by Gasteiger charge is -2.33. The summed E-state index contributed by atoms with van der Waals surface area (Å²) in [5.41, 5.74) is 2.89. The van der Waals surface area contributed by atoms with Crippen LogP contribution < -0.4 is 16.0 Å². The average Bonchev–Trinajstić information content (AvgIpc) is 3.24. The number of nitrogens with one attached hydrogen (secondary N) is 3. The van der Waals surface area contributed by atoms with Crippen molar-refractivity contribution in [3.8, 4) is 0 Å². The predicted octanol–water partition coefficient (Wildman–Crippen LogP) is 2.30. The van der Waals surface area contributed by atoms with Crippen LogP contribution in [0.2, 0.25) is 0 Å². The molecule has 0 radical (unpaired) electrons. The summed E-state index contributed by atoms with van der Waals surface area (Å²) in [5, 5.41) is 19.7. The van der Waals surface area contributed by atoms with E-state index in [1.54, 1.807) is 0 Å². The minimum Gasteiger partial charge on any atom is -0.381 e. The second kappa shape index (κ2) is 14.3. The number of carbonyl (C=O) groups is 4. The normalized spacial score (nSPS) is 17.5. The third-order valence-corrected chi connectivity index (χ3v) is 8.40. The van der Waals surface area contributed by atoms with Crippen LogP contribution in [0.3, 0.4) is 0 Å². The molecule has 4 amide bonds. The number of benzene rings is 2. The molecular formula is C30H40N4O5S. The maximum Gasteiger partial charge on any atom is 0.254 e. The highest BCUT2D eigenvalue weighted by Gasteiger charge is 2.49. The first-order valence-corrected chi connectivity index (χ1v) is 14.5. The van der Waals surface area contributed by atoms with E-state index in [4.69, 9.17) is 0 Å². The summed E-state index contributed by atoms with van der Waals surface area (Å²) in [4.78, 5) is 52.4. The Hall–Kier alpha value is -3.37. The molecule has 3 rings (SSSR count). The van der Waals surface area contributed by atoms with E-state index in [2.05, 4.69) is 16.0 Å². The summed E-state index contributed by atoms with van der Waals surface area (Å²) in [6.07, 6.45) is -0.767. The van der Waals surface area contributed by atoms with Crippen molar-refractivity contribution in [2.45, 2.75) is 76.4 Å². The molecule has 1 aliphatic rings. The molecular weight excluding hydrogens is 528 g/mol. The van der Waals surface area contributed by atoms with Crippen molar-refractivity contribution in [3.63, 3.8) is 0 Å². The van der Waals surface area contributed by atoms with Gasteiger partial charge < -0.3 is 26.0 Å². The first kappa shape index (κ1) is 31.2. The zero-order valence-corrected chi connectivity index (χ0v) is 24.4. The van der Waals surface area contributed by atoms with Gasteiger partial charge in [-0.3, -0.25) is 19.2 Å². The Bertz CT molecular complexity index is 1190. The Kier molecular flexibility index (Phi) is 11.2. The minimum atomic E-state index is -1.55. The van der Waals surface area contributed by atoms with Gasteiger partial charge in [-0.25, -0.2) is 0 Å². The molecule has 0 aromatic heterocycles. The lowest BCUT2D eigenvalue weighted by Crippen LogP contribution is -2.58. The molecule has 1 aliphatic heterocycles. The Balaban J connectivity index is 1.73. The molecule has 216 valence electrons. The number of carbonyl (C=O) groups excluding carboxylic acids is 4. The maximum absolute atomic E-state index is 13.7. The molecule has 1 saturated heterocycles. The Morgan fingerprint density at radius 1 is 1.05 bits per heavy atom. The summed E-state index contributed by atoms with van der Waals surface area (Å²) in [6, 6.07) is 15.4. The van der Waals surface area contributed by atoms with E-state index in [9.17, 15) is 24.3 Å². The van der Waals surface area contributed by atoms with Gasteiger partial charge in [0.05, 0.1) is 11.9 Å². The van der Waals surface area contributed by atoms with Crippen LogP contribution >= 0.6 is 11.8 Å². The Labute approximate surface area is 240 Å². The van der Waals surface area contributed by atoms with Crippen molar-refractivity contribution in [2.24, 2.45) is 0 Å². The van der Waals surface area contributed by atoms with Crippen molar-refractivity contribution in [3.05, 3.63) is 71.3 Å².